The molecule has 4 rings (SSSR count). The average molecular weight is 513 g/mol. The first-order valence-corrected chi connectivity index (χ1v) is 12.8. The van der Waals surface area contributed by atoms with Gasteiger partial charge in [-0.2, -0.15) is 0 Å². The number of likely N-dealkylation sites (tertiary alicyclic amines) is 1. The first-order chi connectivity index (χ1) is 17.4. The molecule has 1 aromatic heterocycles. The standard InChI is InChI=1S/C26H31FN4O4.C2H6/c1-14-20(13-18-17-12-16(27)9-10-19(17)29-23(18)32)28-15(2)22(14)30-24(33)21-8-6-7-11-31(21)25(34)35-26(3,4)5;1-2/h9-10,12-13,21,28H,6-8,11H2,1-5H3,(H,29,32)(H,30,33);1-2H3/b18-13-;. The molecule has 0 spiro atoms. The summed E-state index contributed by atoms with van der Waals surface area (Å²) in [7, 11) is 0. The van der Waals surface area contributed by atoms with Crippen LogP contribution < -0.4 is 10.6 Å². The minimum absolute atomic E-state index is 0.286. The van der Waals surface area contributed by atoms with Crippen LogP contribution >= 0.6 is 0 Å². The molecular formula is C28H37FN4O4. The lowest BCUT2D eigenvalue weighted by molar-refractivity contribution is -0.122. The highest BCUT2D eigenvalue weighted by Gasteiger charge is 2.35. The Morgan fingerprint density at radius 2 is 1.89 bits per heavy atom. The molecule has 2 aliphatic rings. The number of anilines is 2. The van der Waals surface area contributed by atoms with E-state index in [2.05, 4.69) is 15.6 Å². The van der Waals surface area contributed by atoms with Gasteiger partial charge in [-0.15, -0.1) is 0 Å². The number of carbonyl (C=O) groups is 3. The van der Waals surface area contributed by atoms with Gasteiger partial charge in [-0.1, -0.05) is 13.8 Å². The minimum atomic E-state index is -0.653. The lowest BCUT2D eigenvalue weighted by atomic mass is 10.0. The summed E-state index contributed by atoms with van der Waals surface area (Å²) in [5.41, 5.74) is 3.40. The molecule has 200 valence electrons. The molecule has 3 heterocycles. The Labute approximate surface area is 217 Å². The fourth-order valence-electron chi connectivity index (χ4n) is 4.50. The predicted octanol–water partition coefficient (Wildman–Crippen LogP) is 6.02. The molecule has 8 nitrogen and oxygen atoms in total. The smallest absolute Gasteiger partial charge is 0.410 e. The van der Waals surface area contributed by atoms with Crippen molar-refractivity contribution in [2.24, 2.45) is 0 Å². The second-order valence-electron chi connectivity index (χ2n) is 10.0. The van der Waals surface area contributed by atoms with E-state index >= 15 is 0 Å². The Morgan fingerprint density at radius 3 is 2.57 bits per heavy atom. The summed E-state index contributed by atoms with van der Waals surface area (Å²) >= 11 is 0. The number of amides is 3. The molecule has 1 aromatic carbocycles. The van der Waals surface area contributed by atoms with Crippen molar-refractivity contribution >= 4 is 40.9 Å². The van der Waals surface area contributed by atoms with Crippen LogP contribution in [0.15, 0.2) is 18.2 Å². The zero-order valence-electron chi connectivity index (χ0n) is 22.7. The number of halogens is 1. The Balaban J connectivity index is 0.00000186. The Bertz CT molecular complexity index is 1230. The summed E-state index contributed by atoms with van der Waals surface area (Å²) < 4.78 is 19.3. The Morgan fingerprint density at radius 1 is 1.19 bits per heavy atom. The van der Waals surface area contributed by atoms with E-state index in [-0.39, 0.29) is 11.8 Å². The zero-order chi connectivity index (χ0) is 27.5. The molecule has 2 aromatic rings. The van der Waals surface area contributed by atoms with Gasteiger partial charge in [0.15, 0.2) is 0 Å². The van der Waals surface area contributed by atoms with Crippen molar-refractivity contribution < 1.29 is 23.5 Å². The number of aryl methyl sites for hydroxylation is 1. The highest BCUT2D eigenvalue weighted by Crippen LogP contribution is 2.35. The number of piperidine rings is 1. The topological polar surface area (TPSA) is 104 Å². The third kappa shape index (κ3) is 6.21. The van der Waals surface area contributed by atoms with Crippen molar-refractivity contribution in [2.45, 2.75) is 79.4 Å². The fraction of sp³-hybridized carbons (Fsp3) is 0.464. The maximum absolute atomic E-state index is 13.8. The summed E-state index contributed by atoms with van der Waals surface area (Å²) in [4.78, 5) is 43.2. The molecule has 1 unspecified atom stereocenters. The predicted molar refractivity (Wildman–Crippen MR) is 144 cm³/mol. The van der Waals surface area contributed by atoms with Crippen LogP contribution in [0.25, 0.3) is 11.6 Å². The molecule has 0 radical (unpaired) electrons. The number of nitrogens with zero attached hydrogens (tertiary/aromatic N) is 1. The van der Waals surface area contributed by atoms with Crippen molar-refractivity contribution in [3.8, 4) is 0 Å². The molecule has 9 heteroatoms. The average Bonchev–Trinajstić information content (AvgIpc) is 3.29. The first kappa shape index (κ1) is 28.0. The summed E-state index contributed by atoms with van der Waals surface area (Å²) in [6.45, 7) is 13.5. The van der Waals surface area contributed by atoms with E-state index in [1.165, 1.54) is 23.1 Å². The third-order valence-corrected chi connectivity index (χ3v) is 6.21. The summed E-state index contributed by atoms with van der Waals surface area (Å²) in [5.74, 6) is -1.04. The van der Waals surface area contributed by atoms with E-state index in [4.69, 9.17) is 4.74 Å². The highest BCUT2D eigenvalue weighted by molar-refractivity contribution is 6.34. The molecule has 0 bridgehead atoms. The zero-order valence-corrected chi connectivity index (χ0v) is 22.7. The van der Waals surface area contributed by atoms with Crippen molar-refractivity contribution in [2.75, 3.05) is 17.2 Å². The quantitative estimate of drug-likeness (QED) is 0.438. The fourth-order valence-corrected chi connectivity index (χ4v) is 4.50. The molecule has 1 saturated heterocycles. The summed E-state index contributed by atoms with van der Waals surface area (Å²) in [6.07, 6.45) is 3.36. The van der Waals surface area contributed by atoms with Gasteiger partial charge in [-0.25, -0.2) is 9.18 Å². The van der Waals surface area contributed by atoms with Crippen LogP contribution in [0.2, 0.25) is 0 Å². The molecule has 37 heavy (non-hydrogen) atoms. The van der Waals surface area contributed by atoms with Gasteiger partial charge >= 0.3 is 6.09 Å². The number of H-pyrrole nitrogens is 1. The van der Waals surface area contributed by atoms with Gasteiger partial charge in [0.25, 0.3) is 5.91 Å². The Hall–Kier alpha value is -3.62. The van der Waals surface area contributed by atoms with E-state index in [0.29, 0.717) is 46.9 Å². The number of carbonyl (C=O) groups excluding carboxylic acids is 3. The van der Waals surface area contributed by atoms with Crippen molar-refractivity contribution in [1.82, 2.24) is 9.88 Å². The molecule has 3 amide bonds. The van der Waals surface area contributed by atoms with Gasteiger partial charge < -0.3 is 20.4 Å². The molecule has 0 aliphatic carbocycles. The highest BCUT2D eigenvalue weighted by atomic mass is 19.1. The van der Waals surface area contributed by atoms with Gasteiger partial charge in [0.1, 0.15) is 17.5 Å². The number of ether oxygens (including phenoxy) is 1. The molecule has 1 atom stereocenters. The number of nitrogens with one attached hydrogen (secondary N) is 3. The number of fused-ring (bicyclic) bond motifs is 1. The van der Waals surface area contributed by atoms with E-state index in [1.807, 2.05) is 27.7 Å². The molecule has 1 fully saturated rings. The second kappa shape index (κ2) is 11.2. The van der Waals surface area contributed by atoms with Crippen LogP contribution in [-0.4, -0.2) is 46.0 Å². The SMILES string of the molecule is CC.Cc1[nH]c(/C=C2\C(=O)Nc3ccc(F)cc32)c(C)c1NC(=O)C1CCCCN1C(=O)OC(C)(C)C. The largest absolute Gasteiger partial charge is 0.444 e. The van der Waals surface area contributed by atoms with Crippen LogP contribution in [0.3, 0.4) is 0 Å². The summed E-state index contributed by atoms with van der Waals surface area (Å²) in [5, 5.41) is 5.71. The van der Waals surface area contributed by atoms with E-state index < -0.39 is 23.6 Å². The van der Waals surface area contributed by atoms with E-state index in [9.17, 15) is 18.8 Å². The van der Waals surface area contributed by atoms with Gasteiger partial charge in [0.05, 0.1) is 11.3 Å². The lowest BCUT2D eigenvalue weighted by Gasteiger charge is -2.35. The third-order valence-electron chi connectivity index (χ3n) is 6.21. The van der Waals surface area contributed by atoms with Crippen LogP contribution in [0.5, 0.6) is 0 Å². The van der Waals surface area contributed by atoms with Crippen LogP contribution in [0, 0.1) is 19.7 Å². The summed E-state index contributed by atoms with van der Waals surface area (Å²) in [6, 6.07) is 3.51. The molecular weight excluding hydrogens is 475 g/mol. The van der Waals surface area contributed by atoms with Crippen molar-refractivity contribution in [1.29, 1.82) is 0 Å². The maximum atomic E-state index is 13.8. The number of aromatic nitrogens is 1. The van der Waals surface area contributed by atoms with Gasteiger partial charge in [0.2, 0.25) is 5.91 Å². The van der Waals surface area contributed by atoms with Crippen LogP contribution in [0.1, 0.15) is 76.4 Å². The normalized spacial score (nSPS) is 18.1. The monoisotopic (exact) mass is 512 g/mol. The van der Waals surface area contributed by atoms with Gasteiger partial charge in [0, 0.05) is 29.2 Å². The maximum Gasteiger partial charge on any atom is 0.410 e. The number of hydrogen-bond donors (Lipinski definition) is 3. The van der Waals surface area contributed by atoms with Crippen molar-refractivity contribution in [3.05, 3.63) is 46.5 Å². The molecule has 3 N–H and O–H groups in total. The number of hydrogen-bond acceptors (Lipinski definition) is 4. The number of benzene rings is 1. The van der Waals surface area contributed by atoms with E-state index in [0.717, 1.165) is 18.4 Å². The number of rotatable bonds is 3. The first-order valence-electron chi connectivity index (χ1n) is 12.8. The minimum Gasteiger partial charge on any atom is -0.444 e. The van der Waals surface area contributed by atoms with Crippen LogP contribution in [-0.2, 0) is 14.3 Å². The number of aromatic amines is 1. The Kier molecular flexibility index (Phi) is 8.46. The second-order valence-corrected chi connectivity index (χ2v) is 10.0. The molecule has 2 aliphatic heterocycles. The lowest BCUT2D eigenvalue weighted by Crippen LogP contribution is -2.51. The van der Waals surface area contributed by atoms with Gasteiger partial charge in [-0.05, 0) is 83.7 Å². The molecule has 0 saturated carbocycles. The van der Waals surface area contributed by atoms with Crippen molar-refractivity contribution in [3.63, 3.8) is 0 Å². The van der Waals surface area contributed by atoms with Gasteiger partial charge in [-0.3, -0.25) is 14.5 Å². The van der Waals surface area contributed by atoms with Crippen LogP contribution in [0.4, 0.5) is 20.6 Å². The van der Waals surface area contributed by atoms with E-state index in [1.54, 1.807) is 26.8 Å².